The fourth-order valence-electron chi connectivity index (χ4n) is 3.34. The van der Waals surface area contributed by atoms with Crippen LogP contribution in [0.2, 0.25) is 0 Å². The van der Waals surface area contributed by atoms with Crippen molar-refractivity contribution >= 4 is 11.6 Å². The summed E-state index contributed by atoms with van der Waals surface area (Å²) < 4.78 is 3.65. The highest BCUT2D eigenvalue weighted by molar-refractivity contribution is 5.87. The Morgan fingerprint density at radius 3 is 2.74 bits per heavy atom. The number of nitrogens with one attached hydrogen (secondary N) is 1. The summed E-state index contributed by atoms with van der Waals surface area (Å²) in [5.41, 5.74) is 4.19. The summed E-state index contributed by atoms with van der Waals surface area (Å²) in [6, 6.07) is 11.4. The first kappa shape index (κ1) is 17.0. The molecule has 3 heterocycles. The fraction of sp³-hybridized carbons (Fsp3) is 0.200. The normalized spacial score (nSPS) is 12.2. The van der Waals surface area contributed by atoms with Gasteiger partial charge >= 0.3 is 0 Å². The predicted molar refractivity (Wildman–Crippen MR) is 103 cm³/mol. The smallest absolute Gasteiger partial charge is 0.242 e. The zero-order valence-electron chi connectivity index (χ0n) is 15.2. The van der Waals surface area contributed by atoms with Crippen LogP contribution in [0, 0.1) is 0 Å². The number of rotatable bonds is 5. The predicted octanol–water partition coefficient (Wildman–Crippen LogP) is 2.96. The van der Waals surface area contributed by atoms with Crippen LogP contribution in [0.1, 0.15) is 19.4 Å². The molecule has 7 nitrogen and oxygen atoms in total. The first-order valence-corrected chi connectivity index (χ1v) is 8.87. The highest BCUT2D eigenvalue weighted by Gasteiger charge is 2.26. The van der Waals surface area contributed by atoms with Gasteiger partial charge in [-0.25, -0.2) is 14.5 Å². The number of amides is 1. The molecular formula is C20H20N6O. The molecule has 0 aliphatic carbocycles. The molecule has 0 saturated heterocycles. The second-order valence-electron chi connectivity index (χ2n) is 6.20. The minimum absolute atomic E-state index is 0.0554. The van der Waals surface area contributed by atoms with Crippen LogP contribution in [0.15, 0.2) is 61.3 Å². The van der Waals surface area contributed by atoms with Gasteiger partial charge in [-0.1, -0.05) is 37.3 Å². The molecule has 136 valence electrons. The van der Waals surface area contributed by atoms with Crippen LogP contribution in [-0.2, 0) is 4.79 Å². The summed E-state index contributed by atoms with van der Waals surface area (Å²) in [6.45, 7) is 1.99. The van der Waals surface area contributed by atoms with E-state index in [9.17, 15) is 4.79 Å². The van der Waals surface area contributed by atoms with E-state index in [1.54, 1.807) is 30.3 Å². The van der Waals surface area contributed by atoms with Gasteiger partial charge in [0.1, 0.15) is 6.04 Å². The van der Waals surface area contributed by atoms with Crippen molar-refractivity contribution in [2.24, 2.45) is 0 Å². The molecular weight excluding hydrogens is 340 g/mol. The maximum atomic E-state index is 12.5. The molecule has 0 spiro atoms. The Kier molecular flexibility index (Phi) is 4.42. The van der Waals surface area contributed by atoms with E-state index < -0.39 is 0 Å². The van der Waals surface area contributed by atoms with E-state index in [0.29, 0.717) is 6.42 Å². The van der Waals surface area contributed by atoms with Crippen molar-refractivity contribution < 1.29 is 4.79 Å². The molecule has 0 aliphatic rings. The van der Waals surface area contributed by atoms with Crippen molar-refractivity contribution in [3.63, 3.8) is 0 Å². The van der Waals surface area contributed by atoms with Gasteiger partial charge in [-0.2, -0.15) is 5.10 Å². The lowest BCUT2D eigenvalue weighted by Gasteiger charge is -2.18. The summed E-state index contributed by atoms with van der Waals surface area (Å²) in [6.07, 6.45) is 7.74. The molecule has 4 aromatic rings. The van der Waals surface area contributed by atoms with Crippen LogP contribution in [0.25, 0.3) is 28.2 Å². The molecule has 0 fully saturated rings. The first-order valence-electron chi connectivity index (χ1n) is 8.87. The molecule has 27 heavy (non-hydrogen) atoms. The number of hydrogen-bond acceptors (Lipinski definition) is 4. The maximum Gasteiger partial charge on any atom is 0.242 e. The third kappa shape index (κ3) is 2.87. The number of carbonyl (C=O) groups excluding carboxylic acids is 1. The van der Waals surface area contributed by atoms with Crippen LogP contribution in [0.3, 0.4) is 0 Å². The van der Waals surface area contributed by atoms with Crippen LogP contribution in [0.5, 0.6) is 0 Å². The fourth-order valence-corrected chi connectivity index (χ4v) is 3.34. The van der Waals surface area contributed by atoms with Crippen LogP contribution in [-0.4, -0.2) is 37.1 Å². The summed E-state index contributed by atoms with van der Waals surface area (Å²) in [5.74, 6) is -0.0554. The van der Waals surface area contributed by atoms with E-state index in [1.165, 1.54) is 0 Å². The van der Waals surface area contributed by atoms with E-state index >= 15 is 0 Å². The standard InChI is InChI=1S/C20H20N6O/c1-3-16(20(27)21-2)25-13-23-17(14-8-5-4-6-9-14)18(25)15-12-24-26-11-7-10-22-19(15)26/h4-13,16H,3H2,1-2H3,(H,21,27). The second-order valence-corrected chi connectivity index (χ2v) is 6.20. The molecule has 4 rings (SSSR count). The number of fused-ring (bicyclic) bond motifs is 1. The van der Waals surface area contributed by atoms with Crippen LogP contribution in [0.4, 0.5) is 0 Å². The molecule has 3 aromatic heterocycles. The van der Waals surface area contributed by atoms with Crippen molar-refractivity contribution in [1.82, 2.24) is 29.5 Å². The quantitative estimate of drug-likeness (QED) is 0.594. The summed E-state index contributed by atoms with van der Waals surface area (Å²) >= 11 is 0. The van der Waals surface area contributed by atoms with Crippen molar-refractivity contribution in [2.45, 2.75) is 19.4 Å². The molecule has 0 radical (unpaired) electrons. The number of hydrogen-bond donors (Lipinski definition) is 1. The number of likely N-dealkylation sites (N-methyl/N-ethyl adjacent to an activating group) is 1. The van der Waals surface area contributed by atoms with Crippen molar-refractivity contribution in [3.8, 4) is 22.5 Å². The molecule has 1 atom stereocenters. The Morgan fingerprint density at radius 1 is 1.19 bits per heavy atom. The molecule has 0 saturated carbocycles. The summed E-state index contributed by atoms with van der Waals surface area (Å²) in [7, 11) is 1.65. The third-order valence-electron chi connectivity index (χ3n) is 4.65. The number of carbonyl (C=O) groups is 1. The molecule has 7 heteroatoms. The SMILES string of the molecule is CCC(C(=O)NC)n1cnc(-c2ccccc2)c1-c1cnn2cccnc12. The minimum atomic E-state index is -0.367. The summed E-state index contributed by atoms with van der Waals surface area (Å²) in [5, 5.41) is 7.16. The zero-order chi connectivity index (χ0) is 18.8. The van der Waals surface area contributed by atoms with Gasteiger partial charge in [0.2, 0.25) is 5.91 Å². The Hall–Kier alpha value is -3.48. The average molecular weight is 360 g/mol. The van der Waals surface area contributed by atoms with Crippen molar-refractivity contribution in [2.75, 3.05) is 7.05 Å². The Bertz CT molecular complexity index is 1080. The number of aromatic nitrogens is 5. The van der Waals surface area contributed by atoms with Crippen molar-refractivity contribution in [1.29, 1.82) is 0 Å². The maximum absolute atomic E-state index is 12.5. The lowest BCUT2D eigenvalue weighted by atomic mass is 10.1. The molecule has 0 aliphatic heterocycles. The minimum Gasteiger partial charge on any atom is -0.357 e. The second kappa shape index (κ2) is 7.03. The molecule has 1 N–H and O–H groups in total. The number of benzene rings is 1. The average Bonchev–Trinajstić information content (AvgIpc) is 3.33. The lowest BCUT2D eigenvalue weighted by Crippen LogP contribution is -2.29. The van der Waals surface area contributed by atoms with Crippen LogP contribution < -0.4 is 5.32 Å². The van der Waals surface area contributed by atoms with E-state index in [4.69, 9.17) is 0 Å². The Labute approximate surface area is 156 Å². The van der Waals surface area contributed by atoms with Gasteiger partial charge in [-0.3, -0.25) is 4.79 Å². The van der Waals surface area contributed by atoms with Crippen molar-refractivity contribution in [3.05, 3.63) is 61.3 Å². The molecule has 1 amide bonds. The molecule has 1 aromatic carbocycles. The zero-order valence-corrected chi connectivity index (χ0v) is 15.2. The Morgan fingerprint density at radius 2 is 2.00 bits per heavy atom. The van der Waals surface area contributed by atoms with Gasteiger partial charge in [-0.15, -0.1) is 0 Å². The lowest BCUT2D eigenvalue weighted by molar-refractivity contribution is -0.123. The third-order valence-corrected chi connectivity index (χ3v) is 4.65. The van der Waals surface area contributed by atoms with E-state index in [2.05, 4.69) is 20.4 Å². The van der Waals surface area contributed by atoms with E-state index in [1.807, 2.05) is 54.1 Å². The molecule has 0 bridgehead atoms. The highest BCUT2D eigenvalue weighted by atomic mass is 16.2. The first-order chi connectivity index (χ1) is 13.2. The highest BCUT2D eigenvalue weighted by Crippen LogP contribution is 2.35. The number of nitrogens with zero attached hydrogens (tertiary/aromatic N) is 5. The van der Waals surface area contributed by atoms with E-state index in [-0.39, 0.29) is 11.9 Å². The molecule has 1 unspecified atom stereocenters. The van der Waals surface area contributed by atoms with Crippen LogP contribution >= 0.6 is 0 Å². The summed E-state index contributed by atoms with van der Waals surface area (Å²) in [4.78, 5) is 21.6. The van der Waals surface area contributed by atoms with Gasteiger partial charge < -0.3 is 9.88 Å². The number of imidazole rings is 1. The van der Waals surface area contributed by atoms with Gasteiger partial charge in [0, 0.05) is 25.0 Å². The van der Waals surface area contributed by atoms with Gasteiger partial charge in [0.25, 0.3) is 0 Å². The van der Waals surface area contributed by atoms with Gasteiger partial charge in [0.05, 0.1) is 29.5 Å². The topological polar surface area (TPSA) is 77.1 Å². The van der Waals surface area contributed by atoms with Gasteiger partial charge in [-0.05, 0) is 12.5 Å². The largest absolute Gasteiger partial charge is 0.357 e. The van der Waals surface area contributed by atoms with Gasteiger partial charge in [0.15, 0.2) is 5.65 Å². The van der Waals surface area contributed by atoms with E-state index in [0.717, 1.165) is 28.2 Å². The monoisotopic (exact) mass is 360 g/mol. The Balaban J connectivity index is 1.99.